The van der Waals surface area contributed by atoms with Crippen LogP contribution in [0.15, 0.2) is 24.3 Å². The second kappa shape index (κ2) is 8.39. The number of carbonyl (C=O) groups excluding carboxylic acids is 1. The van der Waals surface area contributed by atoms with E-state index in [-0.39, 0.29) is 29.8 Å². The van der Waals surface area contributed by atoms with Gasteiger partial charge in [0.25, 0.3) is 0 Å². The van der Waals surface area contributed by atoms with E-state index in [1.165, 1.54) is 0 Å². The normalized spacial score (nSPS) is 17.4. The van der Waals surface area contributed by atoms with Gasteiger partial charge in [-0.25, -0.2) is 0 Å². The van der Waals surface area contributed by atoms with Crippen molar-refractivity contribution in [3.05, 3.63) is 29.8 Å². The maximum Gasteiger partial charge on any atom is 0.221 e. The van der Waals surface area contributed by atoms with Gasteiger partial charge in [-0.2, -0.15) is 0 Å². The maximum absolute atomic E-state index is 12.3. The molecule has 22 heavy (non-hydrogen) atoms. The van der Waals surface area contributed by atoms with Crippen LogP contribution < -0.4 is 15.8 Å². The zero-order valence-electron chi connectivity index (χ0n) is 13.4. The van der Waals surface area contributed by atoms with Crippen LogP contribution in [0.1, 0.15) is 50.5 Å². The van der Waals surface area contributed by atoms with Gasteiger partial charge in [-0.05, 0) is 36.5 Å². The molecule has 3 N–H and O–H groups in total. The lowest BCUT2D eigenvalue weighted by molar-refractivity contribution is -0.123. The van der Waals surface area contributed by atoms with Crippen LogP contribution in [-0.2, 0) is 4.79 Å². The molecule has 5 heteroatoms. The molecule has 0 radical (unpaired) electrons. The minimum absolute atomic E-state index is 0. The first-order chi connectivity index (χ1) is 10.1. The maximum atomic E-state index is 12.3. The van der Waals surface area contributed by atoms with Crippen LogP contribution in [0, 0.1) is 0 Å². The Morgan fingerprint density at radius 1 is 1.32 bits per heavy atom. The summed E-state index contributed by atoms with van der Waals surface area (Å²) < 4.78 is 5.15. The Labute approximate surface area is 139 Å². The van der Waals surface area contributed by atoms with Crippen molar-refractivity contribution in [2.75, 3.05) is 13.7 Å². The summed E-state index contributed by atoms with van der Waals surface area (Å²) in [5, 5.41) is 3.18. The third-order valence-corrected chi connectivity index (χ3v) is 4.53. The van der Waals surface area contributed by atoms with Gasteiger partial charge in [0.05, 0.1) is 12.6 Å². The number of amides is 1. The zero-order valence-corrected chi connectivity index (χ0v) is 14.2. The summed E-state index contributed by atoms with van der Waals surface area (Å²) in [6, 6.07) is 7.90. The number of benzene rings is 1. The molecule has 1 aliphatic carbocycles. The molecule has 1 aromatic carbocycles. The quantitative estimate of drug-likeness (QED) is 0.844. The molecule has 1 amide bonds. The average molecular weight is 327 g/mol. The molecule has 0 aliphatic heterocycles. The fourth-order valence-electron chi connectivity index (χ4n) is 3.11. The van der Waals surface area contributed by atoms with Crippen molar-refractivity contribution in [3.8, 4) is 5.75 Å². The summed E-state index contributed by atoms with van der Waals surface area (Å²) >= 11 is 0. The fourth-order valence-corrected chi connectivity index (χ4v) is 3.11. The molecule has 2 rings (SSSR count). The van der Waals surface area contributed by atoms with E-state index < -0.39 is 0 Å². The van der Waals surface area contributed by atoms with Gasteiger partial charge in [0.1, 0.15) is 5.75 Å². The number of hydrogen-bond acceptors (Lipinski definition) is 3. The van der Waals surface area contributed by atoms with Crippen molar-refractivity contribution in [3.63, 3.8) is 0 Å². The number of ether oxygens (including phenoxy) is 1. The Hall–Kier alpha value is -1.26. The van der Waals surface area contributed by atoms with Crippen molar-refractivity contribution in [2.24, 2.45) is 5.73 Å². The van der Waals surface area contributed by atoms with Crippen molar-refractivity contribution in [1.82, 2.24) is 5.32 Å². The molecule has 0 spiro atoms. The summed E-state index contributed by atoms with van der Waals surface area (Å²) in [7, 11) is 1.65. The molecule has 1 aliphatic rings. The number of hydrogen-bond donors (Lipinski definition) is 2. The molecule has 1 saturated carbocycles. The number of carbonyl (C=O) groups is 1. The Balaban J connectivity index is 0.00000242. The van der Waals surface area contributed by atoms with E-state index in [9.17, 15) is 4.79 Å². The van der Waals surface area contributed by atoms with E-state index in [0.29, 0.717) is 13.0 Å². The standard InChI is InChI=1S/C17H26N2O2.ClH/c1-13(14-5-7-15(21-2)8-6-14)11-16(20)19-17(12-18)9-3-4-10-17;/h5-8,13H,3-4,9-12,18H2,1-2H3,(H,19,20);1H. The van der Waals surface area contributed by atoms with E-state index in [4.69, 9.17) is 10.5 Å². The van der Waals surface area contributed by atoms with Crippen LogP contribution in [0.3, 0.4) is 0 Å². The van der Waals surface area contributed by atoms with Crippen LogP contribution >= 0.6 is 12.4 Å². The predicted octanol–water partition coefficient (Wildman–Crippen LogP) is 3.00. The lowest BCUT2D eigenvalue weighted by Gasteiger charge is -2.29. The first-order valence-electron chi connectivity index (χ1n) is 7.73. The van der Waals surface area contributed by atoms with E-state index in [1.54, 1.807) is 7.11 Å². The second-order valence-corrected chi connectivity index (χ2v) is 6.12. The lowest BCUT2D eigenvalue weighted by atomic mass is 9.94. The van der Waals surface area contributed by atoms with Crippen molar-refractivity contribution in [1.29, 1.82) is 0 Å². The number of methoxy groups -OCH3 is 1. The fraction of sp³-hybridized carbons (Fsp3) is 0.588. The Morgan fingerprint density at radius 2 is 1.91 bits per heavy atom. The topological polar surface area (TPSA) is 64.3 Å². The van der Waals surface area contributed by atoms with Gasteiger partial charge in [0.15, 0.2) is 0 Å². The Bertz CT molecular complexity index is 470. The highest BCUT2D eigenvalue weighted by Gasteiger charge is 2.33. The van der Waals surface area contributed by atoms with E-state index >= 15 is 0 Å². The molecular formula is C17H27ClN2O2. The highest BCUT2D eigenvalue weighted by molar-refractivity contribution is 5.85. The molecule has 0 aromatic heterocycles. The Kier molecular flexibility index (Phi) is 7.17. The summed E-state index contributed by atoms with van der Waals surface area (Å²) in [6.07, 6.45) is 4.82. The first-order valence-corrected chi connectivity index (χ1v) is 7.73. The molecule has 1 atom stereocenters. The van der Waals surface area contributed by atoms with Gasteiger partial charge in [-0.1, -0.05) is 31.9 Å². The average Bonchev–Trinajstić information content (AvgIpc) is 2.96. The molecule has 0 bridgehead atoms. The third kappa shape index (κ3) is 4.62. The van der Waals surface area contributed by atoms with E-state index in [2.05, 4.69) is 12.2 Å². The van der Waals surface area contributed by atoms with Crippen LogP contribution in [-0.4, -0.2) is 25.1 Å². The smallest absolute Gasteiger partial charge is 0.221 e. The van der Waals surface area contributed by atoms with Gasteiger partial charge in [0, 0.05) is 13.0 Å². The van der Waals surface area contributed by atoms with E-state index in [0.717, 1.165) is 37.0 Å². The van der Waals surface area contributed by atoms with Crippen LogP contribution in [0.2, 0.25) is 0 Å². The summed E-state index contributed by atoms with van der Waals surface area (Å²) in [5.41, 5.74) is 6.86. The third-order valence-electron chi connectivity index (χ3n) is 4.53. The molecular weight excluding hydrogens is 300 g/mol. The lowest BCUT2D eigenvalue weighted by Crippen LogP contribution is -2.51. The van der Waals surface area contributed by atoms with Gasteiger partial charge in [0.2, 0.25) is 5.91 Å². The van der Waals surface area contributed by atoms with Crippen LogP contribution in [0.25, 0.3) is 0 Å². The number of nitrogens with two attached hydrogens (primary N) is 1. The molecule has 1 unspecified atom stereocenters. The highest BCUT2D eigenvalue weighted by atomic mass is 35.5. The minimum Gasteiger partial charge on any atom is -0.497 e. The van der Waals surface area contributed by atoms with Gasteiger partial charge in [-0.3, -0.25) is 4.79 Å². The van der Waals surface area contributed by atoms with Gasteiger partial charge < -0.3 is 15.8 Å². The first kappa shape index (κ1) is 18.8. The largest absolute Gasteiger partial charge is 0.497 e. The minimum atomic E-state index is -0.156. The highest BCUT2D eigenvalue weighted by Crippen LogP contribution is 2.29. The zero-order chi connectivity index (χ0) is 15.3. The van der Waals surface area contributed by atoms with Crippen molar-refractivity contribution < 1.29 is 9.53 Å². The van der Waals surface area contributed by atoms with Crippen LogP contribution in [0.4, 0.5) is 0 Å². The van der Waals surface area contributed by atoms with Gasteiger partial charge >= 0.3 is 0 Å². The molecule has 0 heterocycles. The molecule has 124 valence electrons. The summed E-state index contributed by atoms with van der Waals surface area (Å²) in [6.45, 7) is 2.61. The summed E-state index contributed by atoms with van der Waals surface area (Å²) in [4.78, 5) is 12.3. The number of halogens is 1. The summed E-state index contributed by atoms with van der Waals surface area (Å²) in [5.74, 6) is 1.13. The van der Waals surface area contributed by atoms with Gasteiger partial charge in [-0.15, -0.1) is 12.4 Å². The van der Waals surface area contributed by atoms with Crippen LogP contribution in [0.5, 0.6) is 5.75 Å². The molecule has 4 nitrogen and oxygen atoms in total. The number of rotatable bonds is 6. The molecule has 1 aromatic rings. The molecule has 0 saturated heterocycles. The van der Waals surface area contributed by atoms with Crippen molar-refractivity contribution >= 4 is 18.3 Å². The SMILES string of the molecule is COc1ccc(C(C)CC(=O)NC2(CN)CCCC2)cc1.Cl. The predicted molar refractivity (Wildman–Crippen MR) is 91.7 cm³/mol. The number of nitrogens with one attached hydrogen (secondary N) is 1. The Morgan fingerprint density at radius 3 is 2.41 bits per heavy atom. The molecule has 1 fully saturated rings. The van der Waals surface area contributed by atoms with E-state index in [1.807, 2.05) is 24.3 Å². The second-order valence-electron chi connectivity index (χ2n) is 6.12. The monoisotopic (exact) mass is 326 g/mol. The van der Waals surface area contributed by atoms with Crippen molar-refractivity contribution in [2.45, 2.75) is 50.5 Å².